The fourth-order valence-corrected chi connectivity index (χ4v) is 1.63. The molecule has 0 saturated carbocycles. The van der Waals surface area contributed by atoms with Crippen molar-refractivity contribution in [3.63, 3.8) is 0 Å². The van der Waals surface area contributed by atoms with Crippen LogP contribution in [0.3, 0.4) is 0 Å². The second-order valence-electron chi connectivity index (χ2n) is 3.18. The van der Waals surface area contributed by atoms with E-state index >= 15 is 0 Å². The number of alkyl halides is 2. The fourth-order valence-electron chi connectivity index (χ4n) is 0.995. The van der Waals surface area contributed by atoms with E-state index in [4.69, 9.17) is 0 Å². The molecule has 0 heterocycles. The minimum atomic E-state index is -3.31. The predicted octanol–water partition coefficient (Wildman–Crippen LogP) is 2.20. The van der Waals surface area contributed by atoms with Gasteiger partial charge in [0.15, 0.2) is 9.84 Å². The number of benzene rings is 1. The van der Waals surface area contributed by atoms with Crippen molar-refractivity contribution in [2.45, 2.75) is 17.7 Å². The van der Waals surface area contributed by atoms with E-state index in [0.29, 0.717) is 0 Å². The molecule has 1 aromatic rings. The van der Waals surface area contributed by atoms with Gasteiger partial charge >= 0.3 is 0 Å². The Labute approximate surface area is 81.5 Å². The summed E-state index contributed by atoms with van der Waals surface area (Å²) in [6.45, 7) is 0.766. The summed E-state index contributed by atoms with van der Waals surface area (Å²) in [4.78, 5) is 0.0468. The molecule has 5 heteroatoms. The smallest absolute Gasteiger partial charge is 0.224 e. The lowest BCUT2D eigenvalue weighted by atomic mass is 10.1. The Kier molecular flexibility index (Phi) is 2.63. The van der Waals surface area contributed by atoms with Crippen molar-refractivity contribution in [2.24, 2.45) is 0 Å². The lowest BCUT2D eigenvalue weighted by molar-refractivity contribution is 0.0174. The van der Waals surface area contributed by atoms with E-state index in [2.05, 4.69) is 0 Å². The van der Waals surface area contributed by atoms with Crippen LogP contribution in [-0.2, 0) is 15.8 Å². The monoisotopic (exact) mass is 220 g/mol. The molecule has 2 nitrogen and oxygen atoms in total. The van der Waals surface area contributed by atoms with Crippen molar-refractivity contribution < 1.29 is 17.2 Å². The highest BCUT2D eigenvalue weighted by atomic mass is 32.2. The lowest BCUT2D eigenvalue weighted by Gasteiger charge is -2.10. The average molecular weight is 220 g/mol. The largest absolute Gasteiger partial charge is 0.270 e. The van der Waals surface area contributed by atoms with Gasteiger partial charge in [0, 0.05) is 18.7 Å². The van der Waals surface area contributed by atoms with Crippen LogP contribution >= 0.6 is 0 Å². The first-order chi connectivity index (χ1) is 6.21. The molecule has 1 aromatic carbocycles. The number of sulfone groups is 1. The van der Waals surface area contributed by atoms with Gasteiger partial charge in [0.1, 0.15) is 0 Å². The maximum Gasteiger partial charge on any atom is 0.270 e. The first-order valence-electron chi connectivity index (χ1n) is 3.90. The number of hydrogen-bond acceptors (Lipinski definition) is 2. The number of rotatable bonds is 2. The average Bonchev–Trinajstić information content (AvgIpc) is 2.01. The standard InChI is InChI=1S/C9H10F2O2S/c1-9(10,11)7-3-5-8(6-4-7)14(2,12)13/h3-6H,1-2H3. The molecule has 0 amide bonds. The van der Waals surface area contributed by atoms with Gasteiger partial charge in [-0.2, -0.15) is 0 Å². The van der Waals surface area contributed by atoms with Gasteiger partial charge in [-0.05, 0) is 12.1 Å². The highest BCUT2D eigenvalue weighted by Crippen LogP contribution is 2.27. The summed E-state index contributed by atoms with van der Waals surface area (Å²) in [5.41, 5.74) is -0.190. The topological polar surface area (TPSA) is 34.1 Å². The first kappa shape index (κ1) is 11.1. The summed E-state index contributed by atoms with van der Waals surface area (Å²) >= 11 is 0. The third-order valence-electron chi connectivity index (χ3n) is 1.79. The van der Waals surface area contributed by atoms with E-state index in [1.165, 1.54) is 12.1 Å². The van der Waals surface area contributed by atoms with E-state index in [0.717, 1.165) is 25.3 Å². The van der Waals surface area contributed by atoms with Crippen molar-refractivity contribution in [3.05, 3.63) is 29.8 Å². The molecular formula is C9H10F2O2S. The van der Waals surface area contributed by atoms with Crippen molar-refractivity contribution in [1.29, 1.82) is 0 Å². The van der Waals surface area contributed by atoms with Gasteiger partial charge in [0.05, 0.1) is 4.90 Å². The zero-order valence-corrected chi connectivity index (χ0v) is 8.61. The van der Waals surface area contributed by atoms with Gasteiger partial charge in [-0.1, -0.05) is 12.1 Å². The van der Waals surface area contributed by atoms with Crippen molar-refractivity contribution in [1.82, 2.24) is 0 Å². The van der Waals surface area contributed by atoms with Crippen LogP contribution in [0.1, 0.15) is 12.5 Å². The molecule has 0 aliphatic carbocycles. The Hall–Kier alpha value is -0.970. The molecule has 0 aromatic heterocycles. The molecule has 0 fully saturated rings. The van der Waals surface area contributed by atoms with Crippen LogP contribution in [0.4, 0.5) is 8.78 Å². The molecule has 0 bridgehead atoms. The van der Waals surface area contributed by atoms with E-state index in [9.17, 15) is 17.2 Å². The van der Waals surface area contributed by atoms with Crippen molar-refractivity contribution in [2.75, 3.05) is 6.26 Å². The minimum absolute atomic E-state index is 0.0468. The van der Waals surface area contributed by atoms with Gasteiger partial charge in [0.2, 0.25) is 0 Å². The SMILES string of the molecule is CC(F)(F)c1ccc(S(C)(=O)=O)cc1. The second kappa shape index (κ2) is 3.31. The molecule has 0 atom stereocenters. The Morgan fingerprint density at radius 2 is 1.57 bits per heavy atom. The predicted molar refractivity (Wildman–Crippen MR) is 49.1 cm³/mol. The van der Waals surface area contributed by atoms with Crippen molar-refractivity contribution >= 4 is 9.84 Å². The maximum atomic E-state index is 12.7. The van der Waals surface area contributed by atoms with Gasteiger partial charge in [0.25, 0.3) is 5.92 Å². The number of halogens is 2. The summed E-state index contributed by atoms with van der Waals surface area (Å²) in [6.07, 6.45) is 1.03. The zero-order chi connectivity index (χ0) is 11.0. The molecule has 78 valence electrons. The van der Waals surface area contributed by atoms with Crippen LogP contribution in [0.5, 0.6) is 0 Å². The summed E-state index contributed by atoms with van der Waals surface area (Å²) < 4.78 is 47.5. The van der Waals surface area contributed by atoms with Crippen LogP contribution in [0.15, 0.2) is 29.2 Å². The maximum absolute atomic E-state index is 12.7. The summed E-state index contributed by atoms with van der Waals surface area (Å²) in [7, 11) is -3.31. The molecule has 1 rings (SSSR count). The van der Waals surface area contributed by atoms with Gasteiger partial charge in [-0.25, -0.2) is 17.2 Å². The minimum Gasteiger partial charge on any atom is -0.224 e. The molecule has 0 unspecified atom stereocenters. The van der Waals surface area contributed by atoms with Gasteiger partial charge in [-0.15, -0.1) is 0 Å². The molecule has 14 heavy (non-hydrogen) atoms. The van der Waals surface area contributed by atoms with Crippen LogP contribution in [0.2, 0.25) is 0 Å². The molecule has 0 radical (unpaired) electrons. The normalized spacial score (nSPS) is 12.9. The van der Waals surface area contributed by atoms with Crippen LogP contribution < -0.4 is 0 Å². The van der Waals surface area contributed by atoms with Gasteiger partial charge in [-0.3, -0.25) is 0 Å². The lowest BCUT2D eigenvalue weighted by Crippen LogP contribution is -2.07. The van der Waals surface area contributed by atoms with E-state index in [1.807, 2.05) is 0 Å². The van der Waals surface area contributed by atoms with Crippen LogP contribution in [0, 0.1) is 0 Å². The van der Waals surface area contributed by atoms with Crippen molar-refractivity contribution in [3.8, 4) is 0 Å². The van der Waals surface area contributed by atoms with Crippen LogP contribution in [0.25, 0.3) is 0 Å². The molecule has 0 N–H and O–H groups in total. The summed E-state index contributed by atoms with van der Waals surface area (Å²) in [6, 6.07) is 4.61. The quantitative estimate of drug-likeness (QED) is 0.765. The number of hydrogen-bond donors (Lipinski definition) is 0. The third-order valence-corrected chi connectivity index (χ3v) is 2.92. The van der Waals surface area contributed by atoms with Gasteiger partial charge < -0.3 is 0 Å². The first-order valence-corrected chi connectivity index (χ1v) is 5.79. The molecular weight excluding hydrogens is 210 g/mol. The summed E-state index contributed by atoms with van der Waals surface area (Å²) in [5, 5.41) is 0. The van der Waals surface area contributed by atoms with Crippen LogP contribution in [-0.4, -0.2) is 14.7 Å². The Morgan fingerprint density at radius 3 is 1.86 bits per heavy atom. The van der Waals surface area contributed by atoms with E-state index in [-0.39, 0.29) is 10.5 Å². The highest BCUT2D eigenvalue weighted by Gasteiger charge is 2.24. The molecule has 0 spiro atoms. The second-order valence-corrected chi connectivity index (χ2v) is 5.20. The molecule has 0 saturated heterocycles. The summed E-state index contributed by atoms with van der Waals surface area (Å²) in [5.74, 6) is -2.93. The van der Waals surface area contributed by atoms with E-state index in [1.54, 1.807) is 0 Å². The Balaban J connectivity index is 3.14. The fraction of sp³-hybridized carbons (Fsp3) is 0.333. The Morgan fingerprint density at radius 1 is 1.14 bits per heavy atom. The zero-order valence-electron chi connectivity index (χ0n) is 7.79. The highest BCUT2D eigenvalue weighted by molar-refractivity contribution is 7.90. The molecule has 0 aliphatic rings. The van der Waals surface area contributed by atoms with E-state index < -0.39 is 15.8 Å². The molecule has 0 aliphatic heterocycles. The Bertz CT molecular complexity index is 415. The third kappa shape index (κ3) is 2.51.